The van der Waals surface area contributed by atoms with Crippen LogP contribution >= 0.6 is 0 Å². The molecule has 0 heterocycles. The smallest absolute Gasteiger partial charge is 0.306 e. The van der Waals surface area contributed by atoms with Gasteiger partial charge in [-0.2, -0.15) is 0 Å². The van der Waals surface area contributed by atoms with Crippen molar-refractivity contribution in [1.82, 2.24) is 0 Å². The third-order valence-electron chi connectivity index (χ3n) is 12.2. The summed E-state index contributed by atoms with van der Waals surface area (Å²) < 4.78 is 16.9. The third kappa shape index (κ3) is 53.5. The maximum Gasteiger partial charge on any atom is 0.306 e. The van der Waals surface area contributed by atoms with Crippen LogP contribution in [0.25, 0.3) is 0 Å². The van der Waals surface area contributed by atoms with Crippen molar-refractivity contribution in [3.05, 3.63) is 85.1 Å². The molecule has 0 saturated carbocycles. The number of rotatable bonds is 51. The Bertz CT molecular complexity index is 1320. The van der Waals surface area contributed by atoms with E-state index in [0.717, 1.165) is 103 Å². The molecule has 0 bridgehead atoms. The van der Waals surface area contributed by atoms with Crippen LogP contribution in [0.3, 0.4) is 0 Å². The monoisotopic (exact) mass is 947 g/mol. The lowest BCUT2D eigenvalue weighted by Crippen LogP contribution is -2.30. The van der Waals surface area contributed by atoms with Crippen LogP contribution in [0.4, 0.5) is 0 Å². The van der Waals surface area contributed by atoms with Crippen LogP contribution in [0.15, 0.2) is 85.1 Å². The fraction of sp³-hybridized carbons (Fsp3) is 0.726. The summed E-state index contributed by atoms with van der Waals surface area (Å²) in [4.78, 5) is 38.2. The molecular formula is C62H106O6. The topological polar surface area (TPSA) is 78.9 Å². The zero-order valence-corrected chi connectivity index (χ0v) is 44.6. The lowest BCUT2D eigenvalue weighted by molar-refractivity contribution is -0.167. The molecule has 0 radical (unpaired) electrons. The lowest BCUT2D eigenvalue weighted by Gasteiger charge is -2.18. The van der Waals surface area contributed by atoms with Gasteiger partial charge in [0.05, 0.1) is 0 Å². The van der Waals surface area contributed by atoms with Crippen molar-refractivity contribution in [3.8, 4) is 0 Å². The Morgan fingerprint density at radius 1 is 0.324 bits per heavy atom. The van der Waals surface area contributed by atoms with E-state index in [2.05, 4.69) is 87.6 Å². The fourth-order valence-corrected chi connectivity index (χ4v) is 8.00. The number of carbonyl (C=O) groups excluding carboxylic acids is 3. The molecule has 0 rings (SSSR count). The van der Waals surface area contributed by atoms with Gasteiger partial charge in [0.2, 0.25) is 0 Å². The van der Waals surface area contributed by atoms with E-state index in [1.54, 1.807) is 0 Å². The van der Waals surface area contributed by atoms with E-state index in [4.69, 9.17) is 14.2 Å². The van der Waals surface area contributed by atoms with E-state index in [0.29, 0.717) is 19.3 Å². The van der Waals surface area contributed by atoms with Gasteiger partial charge in [0.1, 0.15) is 13.2 Å². The summed E-state index contributed by atoms with van der Waals surface area (Å²) in [5.74, 6) is -0.906. The van der Waals surface area contributed by atoms with Gasteiger partial charge in [0.15, 0.2) is 6.10 Å². The van der Waals surface area contributed by atoms with Gasteiger partial charge in [0.25, 0.3) is 0 Å². The van der Waals surface area contributed by atoms with Gasteiger partial charge in [-0.05, 0) is 70.6 Å². The Morgan fingerprint density at radius 2 is 0.647 bits per heavy atom. The molecule has 0 spiro atoms. The van der Waals surface area contributed by atoms with E-state index in [9.17, 15) is 14.4 Å². The molecule has 68 heavy (non-hydrogen) atoms. The molecule has 0 aromatic rings. The van der Waals surface area contributed by atoms with Crippen LogP contribution < -0.4 is 0 Å². The molecular weight excluding hydrogens is 841 g/mol. The molecule has 6 nitrogen and oxygen atoms in total. The van der Waals surface area contributed by atoms with Crippen molar-refractivity contribution in [3.63, 3.8) is 0 Å². The van der Waals surface area contributed by atoms with Crippen molar-refractivity contribution in [1.29, 1.82) is 0 Å². The SMILES string of the molecule is CC\C=C/C=C\C=C/C=C\CCCCCCCC(=O)OCC(COC(=O)CCCCCCCCCCC/C=C\C/C=C\C/C=C\CC)OC(=O)CCCCCCCCCCCCCCCCCC. The zero-order chi connectivity index (χ0) is 49.3. The molecule has 0 aromatic heterocycles. The first-order valence-electron chi connectivity index (χ1n) is 28.6. The van der Waals surface area contributed by atoms with E-state index in [1.807, 2.05) is 18.2 Å². The maximum absolute atomic E-state index is 12.9. The Balaban J connectivity index is 4.40. The number of hydrogen-bond acceptors (Lipinski definition) is 6. The number of esters is 3. The van der Waals surface area contributed by atoms with E-state index >= 15 is 0 Å². The molecule has 0 N–H and O–H groups in total. The normalized spacial score (nSPS) is 12.7. The molecule has 390 valence electrons. The molecule has 0 aromatic carbocycles. The number of allylic oxidation sites excluding steroid dienone is 14. The predicted octanol–water partition coefficient (Wildman–Crippen LogP) is 19.2. The van der Waals surface area contributed by atoms with Crippen LogP contribution in [0.2, 0.25) is 0 Å². The molecule has 0 aliphatic carbocycles. The van der Waals surface area contributed by atoms with Crippen molar-refractivity contribution < 1.29 is 28.6 Å². The minimum atomic E-state index is -0.788. The highest BCUT2D eigenvalue weighted by Gasteiger charge is 2.19. The van der Waals surface area contributed by atoms with E-state index in [-0.39, 0.29) is 31.1 Å². The van der Waals surface area contributed by atoms with Gasteiger partial charge in [-0.25, -0.2) is 0 Å². The molecule has 0 saturated heterocycles. The van der Waals surface area contributed by atoms with Gasteiger partial charge in [-0.3, -0.25) is 14.4 Å². The van der Waals surface area contributed by atoms with Crippen molar-refractivity contribution >= 4 is 17.9 Å². The van der Waals surface area contributed by atoms with Crippen molar-refractivity contribution in [2.75, 3.05) is 13.2 Å². The van der Waals surface area contributed by atoms with Crippen LogP contribution in [-0.2, 0) is 28.6 Å². The first-order chi connectivity index (χ1) is 33.5. The highest BCUT2D eigenvalue weighted by atomic mass is 16.6. The highest BCUT2D eigenvalue weighted by Crippen LogP contribution is 2.16. The quantitative estimate of drug-likeness (QED) is 0.0199. The van der Waals surface area contributed by atoms with Crippen LogP contribution in [0, 0.1) is 0 Å². The summed E-state index contributed by atoms with van der Waals surface area (Å²) >= 11 is 0. The average molecular weight is 948 g/mol. The number of carbonyl (C=O) groups is 3. The largest absolute Gasteiger partial charge is 0.462 e. The standard InChI is InChI=1S/C62H106O6/c1-4-7-10-13-16-19-22-25-28-30-31-32-35-37-40-43-46-49-52-55-61(64)67-58-59(57-66-60(63)54-51-48-45-42-39-36-33-27-24-21-18-15-12-9-6-3)68-62(65)56-53-50-47-44-41-38-34-29-26-23-20-17-14-11-8-5-2/h7,9-10,12,15-16,18-19,21,24-25,27-28,33,59H,4-6,8,11,13-14,17,20,22-23,26,29-32,34-58H2,1-3H3/b10-7-,12-9-,18-15-,19-16-,24-21-,28-25-,33-27-. The minimum absolute atomic E-state index is 0.0855. The Morgan fingerprint density at radius 3 is 1.07 bits per heavy atom. The summed E-state index contributed by atoms with van der Waals surface area (Å²) in [5, 5.41) is 0. The first kappa shape index (κ1) is 64.6. The Hall–Kier alpha value is -3.41. The number of ether oxygens (including phenoxy) is 3. The van der Waals surface area contributed by atoms with Gasteiger partial charge in [-0.1, -0.05) is 266 Å². The molecule has 6 heteroatoms. The summed E-state index contributed by atoms with van der Waals surface area (Å²) in [6.45, 7) is 6.39. The molecule has 0 amide bonds. The van der Waals surface area contributed by atoms with Crippen molar-refractivity contribution in [2.45, 2.75) is 277 Å². The number of hydrogen-bond donors (Lipinski definition) is 0. The summed E-state index contributed by atoms with van der Waals surface area (Å²) in [6.07, 6.45) is 72.8. The molecule has 0 aliphatic rings. The fourth-order valence-electron chi connectivity index (χ4n) is 8.00. The van der Waals surface area contributed by atoms with E-state index < -0.39 is 6.10 Å². The van der Waals surface area contributed by atoms with E-state index in [1.165, 1.54) is 128 Å². The van der Waals surface area contributed by atoms with Crippen LogP contribution in [0.5, 0.6) is 0 Å². The first-order valence-corrected chi connectivity index (χ1v) is 28.6. The van der Waals surface area contributed by atoms with Crippen LogP contribution in [-0.4, -0.2) is 37.2 Å². The summed E-state index contributed by atoms with van der Waals surface area (Å²) in [6, 6.07) is 0. The second-order valence-corrected chi connectivity index (χ2v) is 18.9. The minimum Gasteiger partial charge on any atom is -0.462 e. The van der Waals surface area contributed by atoms with Crippen molar-refractivity contribution in [2.24, 2.45) is 0 Å². The lowest BCUT2D eigenvalue weighted by atomic mass is 10.0. The van der Waals surface area contributed by atoms with Gasteiger partial charge < -0.3 is 14.2 Å². The zero-order valence-electron chi connectivity index (χ0n) is 44.6. The molecule has 1 atom stereocenters. The highest BCUT2D eigenvalue weighted by molar-refractivity contribution is 5.71. The second-order valence-electron chi connectivity index (χ2n) is 18.9. The molecule has 1 unspecified atom stereocenters. The maximum atomic E-state index is 12.9. The average Bonchev–Trinajstić information content (AvgIpc) is 3.34. The Labute approximate surface area is 420 Å². The molecule has 0 aliphatic heterocycles. The van der Waals surface area contributed by atoms with Crippen LogP contribution in [0.1, 0.15) is 271 Å². The second kappa shape index (κ2) is 56.2. The molecule has 0 fully saturated rings. The van der Waals surface area contributed by atoms with Gasteiger partial charge >= 0.3 is 17.9 Å². The number of unbranched alkanes of at least 4 members (excludes halogenated alkanes) is 29. The predicted molar refractivity (Wildman–Crippen MR) is 293 cm³/mol. The summed E-state index contributed by atoms with van der Waals surface area (Å²) in [7, 11) is 0. The summed E-state index contributed by atoms with van der Waals surface area (Å²) in [5.41, 5.74) is 0. The van der Waals surface area contributed by atoms with Gasteiger partial charge in [-0.15, -0.1) is 0 Å². The Kier molecular flexibility index (Phi) is 53.4. The third-order valence-corrected chi connectivity index (χ3v) is 12.2. The van der Waals surface area contributed by atoms with Gasteiger partial charge in [0, 0.05) is 19.3 Å².